The standard InChI is InChI=1S/C22H21ClN2O4S/c1-14-7-9-19(10-8-14)30(28,29)21-15(2)11-16(3)25(22(21)27)13-20(26)24-18-6-4-5-17(23)12-18/h4-12H,13H2,1-3H3,(H,24,26). The van der Waals surface area contributed by atoms with Gasteiger partial charge in [-0.2, -0.15) is 0 Å². The number of nitrogens with one attached hydrogen (secondary N) is 1. The molecule has 30 heavy (non-hydrogen) atoms. The Morgan fingerprint density at radius 2 is 1.70 bits per heavy atom. The summed E-state index contributed by atoms with van der Waals surface area (Å²) >= 11 is 5.92. The highest BCUT2D eigenvalue weighted by Crippen LogP contribution is 2.22. The first-order chi connectivity index (χ1) is 14.1. The van der Waals surface area contributed by atoms with Crippen molar-refractivity contribution in [2.75, 3.05) is 5.32 Å². The first-order valence-electron chi connectivity index (χ1n) is 9.18. The van der Waals surface area contributed by atoms with E-state index in [-0.39, 0.29) is 16.3 Å². The maximum absolute atomic E-state index is 13.1. The fraction of sp³-hybridized carbons (Fsp3) is 0.182. The third kappa shape index (κ3) is 4.47. The van der Waals surface area contributed by atoms with Crippen molar-refractivity contribution >= 4 is 33.0 Å². The average Bonchev–Trinajstić information content (AvgIpc) is 2.65. The van der Waals surface area contributed by atoms with E-state index in [1.54, 1.807) is 56.3 Å². The van der Waals surface area contributed by atoms with Crippen LogP contribution in [0, 0.1) is 20.8 Å². The van der Waals surface area contributed by atoms with Crippen molar-refractivity contribution in [1.29, 1.82) is 0 Å². The van der Waals surface area contributed by atoms with Crippen LogP contribution in [-0.2, 0) is 21.2 Å². The van der Waals surface area contributed by atoms with Gasteiger partial charge in [-0.05, 0) is 62.7 Å². The maximum Gasteiger partial charge on any atom is 0.270 e. The predicted octanol–water partition coefficient (Wildman–Crippen LogP) is 3.90. The van der Waals surface area contributed by atoms with E-state index in [2.05, 4.69) is 5.32 Å². The summed E-state index contributed by atoms with van der Waals surface area (Å²) < 4.78 is 27.4. The summed E-state index contributed by atoms with van der Waals surface area (Å²) in [5, 5.41) is 3.12. The molecule has 0 unspecified atom stereocenters. The lowest BCUT2D eigenvalue weighted by Gasteiger charge is -2.15. The molecule has 1 aromatic heterocycles. The van der Waals surface area contributed by atoms with E-state index in [1.165, 1.54) is 12.1 Å². The molecule has 2 aromatic carbocycles. The van der Waals surface area contributed by atoms with E-state index in [4.69, 9.17) is 11.6 Å². The molecule has 3 rings (SSSR count). The molecule has 0 aliphatic rings. The zero-order valence-electron chi connectivity index (χ0n) is 16.8. The van der Waals surface area contributed by atoms with Crippen molar-refractivity contribution in [3.8, 4) is 0 Å². The zero-order chi connectivity index (χ0) is 22.1. The van der Waals surface area contributed by atoms with E-state index in [0.29, 0.717) is 22.0 Å². The Morgan fingerprint density at radius 3 is 2.33 bits per heavy atom. The number of amides is 1. The van der Waals surface area contributed by atoms with E-state index in [1.807, 2.05) is 6.92 Å². The molecule has 0 saturated carbocycles. The van der Waals surface area contributed by atoms with Crippen LogP contribution in [0.4, 0.5) is 5.69 Å². The van der Waals surface area contributed by atoms with Crippen LogP contribution >= 0.6 is 11.6 Å². The molecule has 3 aromatic rings. The smallest absolute Gasteiger partial charge is 0.270 e. The molecule has 0 saturated heterocycles. The minimum atomic E-state index is -4.04. The number of pyridine rings is 1. The zero-order valence-corrected chi connectivity index (χ0v) is 18.3. The third-order valence-electron chi connectivity index (χ3n) is 4.66. The number of hydrogen-bond donors (Lipinski definition) is 1. The fourth-order valence-electron chi connectivity index (χ4n) is 3.18. The fourth-order valence-corrected chi connectivity index (χ4v) is 4.92. The Morgan fingerprint density at radius 1 is 1.03 bits per heavy atom. The summed E-state index contributed by atoms with van der Waals surface area (Å²) in [7, 11) is -4.04. The van der Waals surface area contributed by atoms with Gasteiger partial charge in [0.25, 0.3) is 5.56 Å². The molecule has 0 bridgehead atoms. The SMILES string of the molecule is Cc1ccc(S(=O)(=O)c2c(C)cc(C)n(CC(=O)Nc3cccc(Cl)c3)c2=O)cc1. The van der Waals surface area contributed by atoms with Crippen LogP contribution in [0.25, 0.3) is 0 Å². The highest BCUT2D eigenvalue weighted by atomic mass is 35.5. The minimum Gasteiger partial charge on any atom is -0.324 e. The minimum absolute atomic E-state index is 0.0343. The quantitative estimate of drug-likeness (QED) is 0.646. The van der Waals surface area contributed by atoms with E-state index in [9.17, 15) is 18.0 Å². The second kappa shape index (κ2) is 8.45. The van der Waals surface area contributed by atoms with E-state index >= 15 is 0 Å². The number of aryl methyl sites for hydroxylation is 3. The van der Waals surface area contributed by atoms with Crippen LogP contribution in [0.3, 0.4) is 0 Å². The van der Waals surface area contributed by atoms with Gasteiger partial charge in [0, 0.05) is 16.4 Å². The summed E-state index contributed by atoms with van der Waals surface area (Å²) in [5.74, 6) is -0.468. The molecule has 0 aliphatic heterocycles. The largest absolute Gasteiger partial charge is 0.324 e. The third-order valence-corrected chi connectivity index (χ3v) is 6.82. The molecule has 1 amide bonds. The summed E-state index contributed by atoms with van der Waals surface area (Å²) in [6.07, 6.45) is 0. The van der Waals surface area contributed by atoms with E-state index in [0.717, 1.165) is 10.1 Å². The van der Waals surface area contributed by atoms with Gasteiger partial charge in [0.2, 0.25) is 15.7 Å². The van der Waals surface area contributed by atoms with Gasteiger partial charge >= 0.3 is 0 Å². The number of hydrogen-bond acceptors (Lipinski definition) is 4. The molecule has 0 atom stereocenters. The number of sulfone groups is 1. The van der Waals surface area contributed by atoms with Crippen LogP contribution in [0.5, 0.6) is 0 Å². The molecule has 6 nitrogen and oxygen atoms in total. The number of nitrogens with zero attached hydrogens (tertiary/aromatic N) is 1. The van der Waals surface area contributed by atoms with Crippen molar-refractivity contribution in [3.63, 3.8) is 0 Å². The summed E-state index contributed by atoms with van der Waals surface area (Å²) in [6.45, 7) is 4.75. The van der Waals surface area contributed by atoms with Crippen LogP contribution in [-0.4, -0.2) is 18.9 Å². The van der Waals surface area contributed by atoms with Crippen LogP contribution in [0.2, 0.25) is 5.02 Å². The molecule has 0 spiro atoms. The second-order valence-electron chi connectivity index (χ2n) is 7.06. The Balaban J connectivity index is 2.00. The molecule has 1 N–H and O–H groups in total. The highest BCUT2D eigenvalue weighted by molar-refractivity contribution is 7.91. The Bertz CT molecular complexity index is 1280. The van der Waals surface area contributed by atoms with Gasteiger partial charge in [-0.15, -0.1) is 0 Å². The molecule has 8 heteroatoms. The number of rotatable bonds is 5. The number of halogens is 1. The highest BCUT2D eigenvalue weighted by Gasteiger charge is 2.26. The molecule has 1 heterocycles. The normalized spacial score (nSPS) is 11.3. The van der Waals surface area contributed by atoms with Crippen LogP contribution in [0.1, 0.15) is 16.8 Å². The Hall–Kier alpha value is -2.90. The Kier molecular flexibility index (Phi) is 6.14. The monoisotopic (exact) mass is 444 g/mol. The lowest BCUT2D eigenvalue weighted by atomic mass is 10.2. The van der Waals surface area contributed by atoms with Crippen molar-refractivity contribution in [1.82, 2.24) is 4.57 Å². The summed E-state index contributed by atoms with van der Waals surface area (Å²) in [6, 6.07) is 14.5. The van der Waals surface area contributed by atoms with Crippen molar-refractivity contribution in [3.05, 3.63) is 86.8 Å². The lowest BCUT2D eigenvalue weighted by molar-refractivity contribution is -0.116. The molecular weight excluding hydrogens is 424 g/mol. The van der Waals surface area contributed by atoms with Gasteiger partial charge in [0.1, 0.15) is 11.4 Å². The molecule has 156 valence electrons. The van der Waals surface area contributed by atoms with Gasteiger partial charge in [0.15, 0.2) is 0 Å². The van der Waals surface area contributed by atoms with Gasteiger partial charge in [-0.3, -0.25) is 9.59 Å². The molecule has 0 radical (unpaired) electrons. The van der Waals surface area contributed by atoms with Gasteiger partial charge in [-0.1, -0.05) is 35.4 Å². The van der Waals surface area contributed by atoms with Gasteiger partial charge < -0.3 is 9.88 Å². The molecule has 0 aliphatic carbocycles. The van der Waals surface area contributed by atoms with Gasteiger partial charge in [-0.25, -0.2) is 8.42 Å². The summed E-state index contributed by atoms with van der Waals surface area (Å²) in [5.41, 5.74) is 1.49. The maximum atomic E-state index is 13.1. The lowest BCUT2D eigenvalue weighted by Crippen LogP contribution is -2.33. The first kappa shape index (κ1) is 21.8. The van der Waals surface area contributed by atoms with Crippen molar-refractivity contribution in [2.45, 2.75) is 37.1 Å². The topological polar surface area (TPSA) is 85.2 Å². The number of benzene rings is 2. The van der Waals surface area contributed by atoms with Crippen molar-refractivity contribution < 1.29 is 13.2 Å². The molecular formula is C22H21ClN2O4S. The number of aromatic nitrogens is 1. The van der Waals surface area contributed by atoms with Crippen LogP contribution < -0.4 is 10.9 Å². The summed E-state index contributed by atoms with van der Waals surface area (Å²) in [4.78, 5) is 25.3. The first-order valence-corrected chi connectivity index (χ1v) is 11.0. The van der Waals surface area contributed by atoms with E-state index < -0.39 is 21.3 Å². The Labute approximate surface area is 180 Å². The number of carbonyl (C=O) groups excluding carboxylic acids is 1. The predicted molar refractivity (Wildman–Crippen MR) is 117 cm³/mol. The van der Waals surface area contributed by atoms with Gasteiger partial charge in [0.05, 0.1) is 4.90 Å². The van der Waals surface area contributed by atoms with Crippen molar-refractivity contribution in [2.24, 2.45) is 0 Å². The van der Waals surface area contributed by atoms with Crippen LogP contribution in [0.15, 0.2) is 69.2 Å². The second-order valence-corrected chi connectivity index (χ2v) is 9.39. The number of carbonyl (C=O) groups is 1. The average molecular weight is 445 g/mol. The number of anilines is 1. The molecule has 0 fully saturated rings.